The van der Waals surface area contributed by atoms with Gasteiger partial charge in [0.05, 0.1) is 5.39 Å². The van der Waals surface area contributed by atoms with Gasteiger partial charge in [0.1, 0.15) is 22.5 Å². The van der Waals surface area contributed by atoms with Crippen molar-refractivity contribution in [2.75, 3.05) is 5.32 Å². The molecule has 0 radical (unpaired) electrons. The van der Waals surface area contributed by atoms with Gasteiger partial charge in [0.2, 0.25) is 0 Å². The van der Waals surface area contributed by atoms with Crippen LogP contribution < -0.4 is 5.32 Å². The van der Waals surface area contributed by atoms with Crippen molar-refractivity contribution in [1.29, 1.82) is 0 Å². The quantitative estimate of drug-likeness (QED) is 0.647. The summed E-state index contributed by atoms with van der Waals surface area (Å²) in [5.74, 6) is 0.345. The molecule has 0 bridgehead atoms. The number of nitrogens with zero attached hydrogens (tertiary/aromatic N) is 2. The van der Waals surface area contributed by atoms with Crippen LogP contribution >= 0.6 is 11.3 Å². The number of nitrogens with one attached hydrogen (secondary N) is 1. The van der Waals surface area contributed by atoms with Gasteiger partial charge in [-0.15, -0.1) is 11.3 Å². The summed E-state index contributed by atoms with van der Waals surface area (Å²) in [7, 11) is 0. The van der Waals surface area contributed by atoms with Crippen LogP contribution in [0.5, 0.6) is 0 Å². The lowest BCUT2D eigenvalue weighted by Gasteiger charge is -2.21. The highest BCUT2D eigenvalue weighted by atomic mass is 32.1. The Bertz CT molecular complexity index is 934. The molecule has 2 heterocycles. The SMILES string of the molecule is CCC(C)C(Nc1nc(C)nc2scc(-c3ccc(C)cc3)c12)C(=O)O. The Labute approximate surface area is 157 Å². The molecule has 0 fully saturated rings. The van der Waals surface area contributed by atoms with Gasteiger partial charge in [-0.1, -0.05) is 50.1 Å². The number of thiophene rings is 1. The predicted octanol–water partition coefficient (Wildman–Crippen LogP) is 4.89. The van der Waals surface area contributed by atoms with Crippen LogP contribution in [0.2, 0.25) is 0 Å². The molecule has 2 N–H and O–H groups in total. The smallest absolute Gasteiger partial charge is 0.326 e. The van der Waals surface area contributed by atoms with Crippen molar-refractivity contribution in [1.82, 2.24) is 9.97 Å². The van der Waals surface area contributed by atoms with E-state index in [4.69, 9.17) is 0 Å². The number of carboxylic acids is 1. The first-order valence-corrected chi connectivity index (χ1v) is 9.61. The third-order valence-electron chi connectivity index (χ3n) is 4.68. The standard InChI is InChI=1S/C20H23N3O2S/c1-5-12(3)17(20(24)25)23-18-16-15(14-8-6-11(2)7-9-14)10-26-19(16)22-13(4)21-18/h6-10,12,17H,5H2,1-4H3,(H,24,25)(H,21,22,23). The van der Waals surface area contributed by atoms with Crippen LogP contribution in [0.3, 0.4) is 0 Å². The molecule has 136 valence electrons. The number of rotatable bonds is 6. The summed E-state index contributed by atoms with van der Waals surface area (Å²) in [4.78, 5) is 21.7. The topological polar surface area (TPSA) is 75.1 Å². The zero-order chi connectivity index (χ0) is 18.8. The second-order valence-corrected chi connectivity index (χ2v) is 7.52. The number of fused-ring (bicyclic) bond motifs is 1. The Balaban J connectivity index is 2.13. The fourth-order valence-electron chi connectivity index (χ4n) is 2.93. The molecule has 0 saturated heterocycles. The van der Waals surface area contributed by atoms with Crippen LogP contribution in [-0.4, -0.2) is 27.1 Å². The predicted molar refractivity (Wildman–Crippen MR) is 107 cm³/mol. The van der Waals surface area contributed by atoms with Crippen molar-refractivity contribution in [3.8, 4) is 11.1 Å². The molecule has 0 saturated carbocycles. The first-order valence-electron chi connectivity index (χ1n) is 8.73. The lowest BCUT2D eigenvalue weighted by molar-refractivity contribution is -0.139. The lowest BCUT2D eigenvalue weighted by Crippen LogP contribution is -2.35. The number of aromatic nitrogens is 2. The van der Waals surface area contributed by atoms with Crippen LogP contribution in [0.4, 0.5) is 5.82 Å². The van der Waals surface area contributed by atoms with Gasteiger partial charge < -0.3 is 10.4 Å². The molecule has 3 rings (SSSR count). The maximum atomic E-state index is 11.8. The molecular weight excluding hydrogens is 346 g/mol. The van der Waals surface area contributed by atoms with Gasteiger partial charge in [-0.05, 0) is 25.3 Å². The van der Waals surface area contributed by atoms with Crippen molar-refractivity contribution in [2.24, 2.45) is 5.92 Å². The second kappa shape index (κ2) is 7.41. The Kier molecular flexibility index (Phi) is 5.23. The first-order chi connectivity index (χ1) is 12.4. The zero-order valence-electron chi connectivity index (χ0n) is 15.4. The van der Waals surface area contributed by atoms with Gasteiger partial charge in [0.25, 0.3) is 0 Å². The van der Waals surface area contributed by atoms with Crippen molar-refractivity contribution < 1.29 is 9.90 Å². The van der Waals surface area contributed by atoms with Gasteiger partial charge in [-0.25, -0.2) is 14.8 Å². The van der Waals surface area contributed by atoms with E-state index >= 15 is 0 Å². The number of carbonyl (C=O) groups is 1. The molecule has 1 aromatic carbocycles. The van der Waals surface area contributed by atoms with E-state index in [9.17, 15) is 9.90 Å². The van der Waals surface area contributed by atoms with Crippen molar-refractivity contribution >= 4 is 33.3 Å². The highest BCUT2D eigenvalue weighted by molar-refractivity contribution is 7.17. The molecule has 0 aliphatic heterocycles. The summed E-state index contributed by atoms with van der Waals surface area (Å²) in [6.07, 6.45) is 0.769. The summed E-state index contributed by atoms with van der Waals surface area (Å²) in [6.45, 7) is 7.81. The number of carboxylic acid groups (broad SMARTS) is 1. The van der Waals surface area contributed by atoms with Crippen LogP contribution in [0.1, 0.15) is 31.7 Å². The van der Waals surface area contributed by atoms with Gasteiger partial charge in [-0.2, -0.15) is 0 Å². The highest BCUT2D eigenvalue weighted by Gasteiger charge is 2.25. The molecule has 2 atom stereocenters. The number of benzene rings is 1. The average molecular weight is 369 g/mol. The third-order valence-corrected chi connectivity index (χ3v) is 5.55. The minimum atomic E-state index is -0.865. The highest BCUT2D eigenvalue weighted by Crippen LogP contribution is 2.37. The van der Waals surface area contributed by atoms with Gasteiger partial charge in [0.15, 0.2) is 0 Å². The largest absolute Gasteiger partial charge is 0.480 e. The Hall–Kier alpha value is -2.47. The Morgan fingerprint density at radius 3 is 2.54 bits per heavy atom. The molecule has 0 aliphatic carbocycles. The van der Waals surface area contributed by atoms with Crippen LogP contribution in [-0.2, 0) is 4.79 Å². The van der Waals surface area contributed by atoms with E-state index in [1.54, 1.807) is 11.3 Å². The average Bonchev–Trinajstić information content (AvgIpc) is 3.03. The third kappa shape index (κ3) is 3.55. The van der Waals surface area contributed by atoms with Crippen LogP contribution in [0.15, 0.2) is 29.6 Å². The zero-order valence-corrected chi connectivity index (χ0v) is 16.2. The van der Waals surface area contributed by atoms with Crippen LogP contribution in [0.25, 0.3) is 21.3 Å². The number of hydrogen-bond acceptors (Lipinski definition) is 5. The first kappa shape index (κ1) is 18.3. The molecule has 0 amide bonds. The Morgan fingerprint density at radius 1 is 1.23 bits per heavy atom. The summed E-state index contributed by atoms with van der Waals surface area (Å²) in [5.41, 5.74) is 3.30. The fraction of sp³-hybridized carbons (Fsp3) is 0.350. The van der Waals surface area contributed by atoms with Crippen molar-refractivity contribution in [3.05, 3.63) is 41.0 Å². The molecule has 0 aliphatic rings. The van der Waals surface area contributed by atoms with E-state index in [1.165, 1.54) is 5.56 Å². The minimum absolute atomic E-state index is 0.0146. The van der Waals surface area contributed by atoms with Gasteiger partial charge in [-0.3, -0.25) is 0 Å². The molecule has 6 heteroatoms. The van der Waals surface area contributed by atoms with Crippen molar-refractivity contribution in [3.63, 3.8) is 0 Å². The van der Waals surface area contributed by atoms with E-state index < -0.39 is 12.0 Å². The number of hydrogen-bond donors (Lipinski definition) is 2. The van der Waals surface area contributed by atoms with E-state index in [2.05, 4.69) is 51.9 Å². The summed E-state index contributed by atoms with van der Waals surface area (Å²) in [6, 6.07) is 7.59. The lowest BCUT2D eigenvalue weighted by atomic mass is 9.99. The van der Waals surface area contributed by atoms with Crippen LogP contribution in [0, 0.1) is 19.8 Å². The minimum Gasteiger partial charge on any atom is -0.480 e. The molecular formula is C20H23N3O2S. The van der Waals surface area contributed by atoms with Gasteiger partial charge >= 0.3 is 5.97 Å². The summed E-state index contributed by atoms with van der Waals surface area (Å²) in [5, 5.41) is 15.8. The summed E-state index contributed by atoms with van der Waals surface area (Å²) >= 11 is 1.55. The number of aryl methyl sites for hydroxylation is 2. The maximum Gasteiger partial charge on any atom is 0.326 e. The summed E-state index contributed by atoms with van der Waals surface area (Å²) < 4.78 is 0. The van der Waals surface area contributed by atoms with Gasteiger partial charge in [0, 0.05) is 10.9 Å². The fourth-order valence-corrected chi connectivity index (χ4v) is 3.92. The number of anilines is 1. The van der Waals surface area contributed by atoms with E-state index in [0.29, 0.717) is 11.6 Å². The molecule has 3 aromatic rings. The molecule has 5 nitrogen and oxygen atoms in total. The normalized spacial score (nSPS) is 13.5. The number of aliphatic carboxylic acids is 1. The maximum absolute atomic E-state index is 11.8. The molecule has 26 heavy (non-hydrogen) atoms. The monoisotopic (exact) mass is 369 g/mol. The molecule has 2 aromatic heterocycles. The molecule has 0 spiro atoms. The molecule has 2 unspecified atom stereocenters. The second-order valence-electron chi connectivity index (χ2n) is 6.66. The van der Waals surface area contributed by atoms with Crippen molar-refractivity contribution in [2.45, 2.75) is 40.2 Å². The Morgan fingerprint density at radius 2 is 1.92 bits per heavy atom. The van der Waals surface area contributed by atoms with E-state index in [-0.39, 0.29) is 5.92 Å². The van der Waals surface area contributed by atoms with E-state index in [1.807, 2.05) is 20.8 Å². The van der Waals surface area contributed by atoms with E-state index in [0.717, 1.165) is 27.8 Å².